The number of aryl methyl sites for hydroxylation is 3. The van der Waals surface area contributed by atoms with E-state index < -0.39 is 8.60 Å². The van der Waals surface area contributed by atoms with Gasteiger partial charge in [0.1, 0.15) is 17.2 Å². The standard InChI is InChI=1S/C48H75O3P/c1-4-7-10-13-16-19-22-25-28-43-31-37-46(38-32-43)49-52(50-47-39-33-44(34-40-47)29-26-23-20-17-14-11-8-5-2)51-48-41-35-45(36-42-48)30-27-24-21-18-15-12-9-6-3/h31-42H,4-30H2,1-3H3. The van der Waals surface area contributed by atoms with Gasteiger partial charge in [-0.1, -0.05) is 192 Å². The van der Waals surface area contributed by atoms with Crippen LogP contribution in [0.1, 0.15) is 192 Å². The molecule has 0 heterocycles. The zero-order valence-corrected chi connectivity index (χ0v) is 34.6. The molecule has 3 rings (SSSR count). The van der Waals surface area contributed by atoms with Crippen molar-refractivity contribution in [1.82, 2.24) is 0 Å². The van der Waals surface area contributed by atoms with Crippen LogP contribution in [0.25, 0.3) is 0 Å². The van der Waals surface area contributed by atoms with Crippen LogP contribution in [0.4, 0.5) is 0 Å². The van der Waals surface area contributed by atoms with E-state index in [4.69, 9.17) is 13.6 Å². The molecule has 0 bridgehead atoms. The van der Waals surface area contributed by atoms with Gasteiger partial charge >= 0.3 is 8.60 Å². The summed E-state index contributed by atoms with van der Waals surface area (Å²) in [6.07, 6.45) is 35.7. The van der Waals surface area contributed by atoms with Gasteiger partial charge in [0.15, 0.2) is 0 Å². The van der Waals surface area contributed by atoms with Crippen molar-refractivity contribution in [3.8, 4) is 17.2 Å². The summed E-state index contributed by atoms with van der Waals surface area (Å²) in [4.78, 5) is 0. The minimum absolute atomic E-state index is 0.781. The van der Waals surface area contributed by atoms with E-state index in [-0.39, 0.29) is 0 Å². The van der Waals surface area contributed by atoms with Crippen LogP contribution >= 0.6 is 8.60 Å². The lowest BCUT2D eigenvalue weighted by atomic mass is 10.0. The number of unbranched alkanes of at least 4 members (excludes halogenated alkanes) is 21. The van der Waals surface area contributed by atoms with Crippen molar-refractivity contribution in [3.63, 3.8) is 0 Å². The lowest BCUT2D eigenvalue weighted by molar-refractivity contribution is 0.388. The molecule has 0 saturated carbocycles. The first kappa shape index (κ1) is 43.9. The summed E-state index contributed by atoms with van der Waals surface area (Å²) in [5, 5.41) is 0. The van der Waals surface area contributed by atoms with Crippen LogP contribution < -0.4 is 13.6 Å². The fourth-order valence-electron chi connectivity index (χ4n) is 6.85. The van der Waals surface area contributed by atoms with Crippen LogP contribution in [0.5, 0.6) is 17.2 Å². The third kappa shape index (κ3) is 21.3. The summed E-state index contributed by atoms with van der Waals surface area (Å²) >= 11 is 0. The fraction of sp³-hybridized carbons (Fsp3) is 0.625. The van der Waals surface area contributed by atoms with Crippen LogP contribution in [0.15, 0.2) is 72.8 Å². The van der Waals surface area contributed by atoms with Gasteiger partial charge in [0.25, 0.3) is 0 Å². The molecule has 3 aromatic carbocycles. The van der Waals surface area contributed by atoms with Crippen molar-refractivity contribution in [1.29, 1.82) is 0 Å². The molecule has 52 heavy (non-hydrogen) atoms. The maximum atomic E-state index is 6.40. The average Bonchev–Trinajstić information content (AvgIpc) is 3.17. The van der Waals surface area contributed by atoms with Gasteiger partial charge in [-0.15, -0.1) is 0 Å². The van der Waals surface area contributed by atoms with Gasteiger partial charge in [0.05, 0.1) is 0 Å². The molecule has 0 saturated heterocycles. The molecule has 0 aromatic heterocycles. The molecule has 290 valence electrons. The Hall–Kier alpha value is -2.51. The SMILES string of the molecule is CCCCCCCCCCc1ccc(OP(Oc2ccc(CCCCCCCCCC)cc2)Oc2ccc(CCCCCCCCCC)cc2)cc1. The largest absolute Gasteiger partial charge is 0.530 e. The number of rotatable bonds is 33. The van der Waals surface area contributed by atoms with Crippen molar-refractivity contribution in [2.45, 2.75) is 194 Å². The first-order chi connectivity index (χ1) is 25.7. The lowest BCUT2D eigenvalue weighted by Gasteiger charge is -2.18. The first-order valence-electron chi connectivity index (χ1n) is 21.8. The number of benzene rings is 3. The minimum Gasteiger partial charge on any atom is -0.409 e. The van der Waals surface area contributed by atoms with Gasteiger partial charge in [-0.05, 0) is 91.6 Å². The molecule has 4 heteroatoms. The zero-order chi connectivity index (χ0) is 36.7. The predicted molar refractivity (Wildman–Crippen MR) is 227 cm³/mol. The Morgan fingerprint density at radius 2 is 0.500 bits per heavy atom. The van der Waals surface area contributed by atoms with Crippen LogP contribution in [0.2, 0.25) is 0 Å². The maximum absolute atomic E-state index is 6.40. The second-order valence-electron chi connectivity index (χ2n) is 15.1. The van der Waals surface area contributed by atoms with Crippen LogP contribution in [-0.4, -0.2) is 0 Å². The maximum Gasteiger partial charge on any atom is 0.530 e. The van der Waals surface area contributed by atoms with Gasteiger partial charge in [-0.3, -0.25) is 0 Å². The third-order valence-corrected chi connectivity index (χ3v) is 11.3. The van der Waals surface area contributed by atoms with Gasteiger partial charge in [0.2, 0.25) is 0 Å². The normalized spacial score (nSPS) is 11.3. The van der Waals surface area contributed by atoms with Crippen LogP contribution in [-0.2, 0) is 19.3 Å². The van der Waals surface area contributed by atoms with Crippen LogP contribution in [0, 0.1) is 0 Å². The summed E-state index contributed by atoms with van der Waals surface area (Å²) in [6.45, 7) is 6.85. The molecule has 0 radical (unpaired) electrons. The van der Waals surface area contributed by atoms with E-state index in [0.29, 0.717) is 0 Å². The van der Waals surface area contributed by atoms with Crippen molar-refractivity contribution < 1.29 is 13.6 Å². The average molecular weight is 731 g/mol. The highest BCUT2D eigenvalue weighted by molar-refractivity contribution is 7.43. The summed E-state index contributed by atoms with van der Waals surface area (Å²) in [5.41, 5.74) is 4.09. The molecule has 0 aliphatic heterocycles. The first-order valence-corrected chi connectivity index (χ1v) is 22.9. The van der Waals surface area contributed by atoms with Crippen LogP contribution in [0.3, 0.4) is 0 Å². The molecule has 0 fully saturated rings. The molecule has 0 unspecified atom stereocenters. The molecule has 3 nitrogen and oxygen atoms in total. The topological polar surface area (TPSA) is 27.7 Å². The van der Waals surface area contributed by atoms with Crippen molar-refractivity contribution in [2.24, 2.45) is 0 Å². The Morgan fingerprint density at radius 1 is 0.288 bits per heavy atom. The van der Waals surface area contributed by atoms with E-state index in [0.717, 1.165) is 36.5 Å². The van der Waals surface area contributed by atoms with Gasteiger partial charge in [0, 0.05) is 0 Å². The third-order valence-electron chi connectivity index (χ3n) is 10.3. The quantitative estimate of drug-likeness (QED) is 0.0461. The van der Waals surface area contributed by atoms with Crippen molar-refractivity contribution in [3.05, 3.63) is 89.5 Å². The zero-order valence-electron chi connectivity index (χ0n) is 33.7. The number of hydrogen-bond acceptors (Lipinski definition) is 3. The van der Waals surface area contributed by atoms with Gasteiger partial charge in [-0.25, -0.2) is 0 Å². The van der Waals surface area contributed by atoms with Gasteiger partial charge < -0.3 is 13.6 Å². The fourth-order valence-corrected chi connectivity index (χ4v) is 7.85. The Labute approximate surface area is 322 Å². The molecule has 0 spiro atoms. The summed E-state index contributed by atoms with van der Waals surface area (Å²) in [5.74, 6) is 2.34. The van der Waals surface area contributed by atoms with E-state index >= 15 is 0 Å². The van der Waals surface area contributed by atoms with E-state index in [2.05, 4.69) is 93.6 Å². The molecule has 0 amide bonds. The van der Waals surface area contributed by atoms with E-state index in [1.807, 2.05) is 0 Å². The van der Waals surface area contributed by atoms with Gasteiger partial charge in [-0.2, -0.15) is 0 Å². The molecular formula is C48H75O3P. The summed E-state index contributed by atoms with van der Waals surface area (Å²) in [7, 11) is -1.69. The predicted octanol–water partition coefficient (Wildman–Crippen LogP) is 16.5. The van der Waals surface area contributed by atoms with E-state index in [1.54, 1.807) is 0 Å². The highest BCUT2D eigenvalue weighted by Crippen LogP contribution is 2.42. The monoisotopic (exact) mass is 731 g/mol. The van der Waals surface area contributed by atoms with E-state index in [1.165, 1.54) is 171 Å². The summed E-state index contributed by atoms with van der Waals surface area (Å²) in [6, 6.07) is 25.6. The molecule has 0 atom stereocenters. The van der Waals surface area contributed by atoms with Crippen molar-refractivity contribution >= 4 is 8.60 Å². The highest BCUT2D eigenvalue weighted by atomic mass is 31.2. The van der Waals surface area contributed by atoms with E-state index in [9.17, 15) is 0 Å². The second-order valence-corrected chi connectivity index (χ2v) is 16.1. The highest BCUT2D eigenvalue weighted by Gasteiger charge is 2.20. The summed E-state index contributed by atoms with van der Waals surface area (Å²) < 4.78 is 19.2. The molecule has 0 aliphatic rings. The Kier molecular flexibility index (Phi) is 25.2. The Balaban J connectivity index is 1.50. The Bertz CT molecular complexity index is 1070. The molecule has 0 aliphatic carbocycles. The molecule has 0 N–H and O–H groups in total. The second kappa shape index (κ2) is 29.9. The van der Waals surface area contributed by atoms with Crippen molar-refractivity contribution in [2.75, 3.05) is 0 Å². The smallest absolute Gasteiger partial charge is 0.409 e. The lowest BCUT2D eigenvalue weighted by Crippen LogP contribution is -2.03. The molecular weight excluding hydrogens is 655 g/mol. The Morgan fingerprint density at radius 3 is 0.731 bits per heavy atom. The minimum atomic E-state index is -1.69. The number of hydrogen-bond donors (Lipinski definition) is 0. The molecule has 3 aromatic rings.